The quantitative estimate of drug-likeness (QED) is 0.846. The lowest BCUT2D eigenvalue weighted by Crippen LogP contribution is -2.31. The van der Waals surface area contributed by atoms with Crippen LogP contribution in [0.5, 0.6) is 0 Å². The zero-order valence-electron chi connectivity index (χ0n) is 12.0. The third-order valence-electron chi connectivity index (χ3n) is 3.55. The maximum absolute atomic E-state index is 12.0. The molecule has 0 saturated heterocycles. The molecule has 0 aliphatic heterocycles. The molecule has 1 amide bonds. The second-order valence-corrected chi connectivity index (χ2v) is 5.06. The van der Waals surface area contributed by atoms with E-state index in [2.05, 4.69) is 31.2 Å². The molecular formula is C14H24N2O2. The van der Waals surface area contributed by atoms with E-state index >= 15 is 0 Å². The molecule has 0 aromatic carbocycles. The molecule has 0 saturated carbocycles. The van der Waals surface area contributed by atoms with Crippen LogP contribution in [0.25, 0.3) is 0 Å². The summed E-state index contributed by atoms with van der Waals surface area (Å²) in [6.45, 7) is 11.1. The summed E-state index contributed by atoms with van der Waals surface area (Å²) in [4.78, 5) is 12.0. The topological polar surface area (TPSA) is 55.1 Å². The Bertz CT molecular complexity index is 396. The number of carbonyl (C=O) groups excluding carboxylic acids is 1. The molecule has 18 heavy (non-hydrogen) atoms. The molecular weight excluding hydrogens is 228 g/mol. The van der Waals surface area contributed by atoms with E-state index in [9.17, 15) is 4.79 Å². The average molecular weight is 252 g/mol. The van der Waals surface area contributed by atoms with Crippen LogP contribution in [0.1, 0.15) is 55.9 Å². The molecule has 1 rings (SSSR count). The lowest BCUT2D eigenvalue weighted by atomic mass is 9.93. The van der Waals surface area contributed by atoms with E-state index in [-0.39, 0.29) is 5.91 Å². The monoisotopic (exact) mass is 252 g/mol. The summed E-state index contributed by atoms with van der Waals surface area (Å²) in [5.74, 6) is 1.73. The molecule has 0 aliphatic carbocycles. The van der Waals surface area contributed by atoms with E-state index in [1.807, 2.05) is 13.8 Å². The van der Waals surface area contributed by atoms with Gasteiger partial charge in [0, 0.05) is 18.5 Å². The first-order valence-corrected chi connectivity index (χ1v) is 6.74. The minimum atomic E-state index is -0.130. The fourth-order valence-electron chi connectivity index (χ4n) is 2.07. The first kappa shape index (κ1) is 14.7. The van der Waals surface area contributed by atoms with Crippen LogP contribution in [-0.2, 0) is 6.42 Å². The molecule has 0 radical (unpaired) electrons. The maximum atomic E-state index is 12.0. The van der Waals surface area contributed by atoms with Crippen LogP contribution < -0.4 is 5.32 Å². The summed E-state index contributed by atoms with van der Waals surface area (Å²) in [6.07, 6.45) is 1.83. The zero-order valence-corrected chi connectivity index (χ0v) is 12.0. The minimum absolute atomic E-state index is 0.130. The number of aromatic nitrogens is 1. The van der Waals surface area contributed by atoms with Gasteiger partial charge in [-0.1, -0.05) is 39.3 Å². The highest BCUT2D eigenvalue weighted by atomic mass is 16.5. The molecule has 0 bridgehead atoms. The molecule has 1 atom stereocenters. The van der Waals surface area contributed by atoms with Gasteiger partial charge < -0.3 is 9.84 Å². The SMILES string of the molecule is CCc1onc(C(=O)NCC(CC)C(C)C)c1C. The van der Waals surface area contributed by atoms with Gasteiger partial charge in [-0.3, -0.25) is 4.79 Å². The highest BCUT2D eigenvalue weighted by Crippen LogP contribution is 2.15. The first-order chi connectivity index (χ1) is 8.51. The Hall–Kier alpha value is -1.32. The molecule has 4 heteroatoms. The third-order valence-corrected chi connectivity index (χ3v) is 3.55. The van der Waals surface area contributed by atoms with E-state index in [4.69, 9.17) is 4.52 Å². The van der Waals surface area contributed by atoms with Crippen molar-refractivity contribution in [3.05, 3.63) is 17.0 Å². The van der Waals surface area contributed by atoms with E-state index in [1.54, 1.807) is 0 Å². The van der Waals surface area contributed by atoms with E-state index < -0.39 is 0 Å². The van der Waals surface area contributed by atoms with Crippen molar-refractivity contribution in [2.75, 3.05) is 6.54 Å². The summed E-state index contributed by atoms with van der Waals surface area (Å²) in [6, 6.07) is 0. The van der Waals surface area contributed by atoms with Gasteiger partial charge in [-0.15, -0.1) is 0 Å². The van der Waals surface area contributed by atoms with Crippen molar-refractivity contribution in [2.24, 2.45) is 11.8 Å². The normalized spacial score (nSPS) is 12.8. The van der Waals surface area contributed by atoms with E-state index in [0.717, 1.165) is 24.2 Å². The fourth-order valence-corrected chi connectivity index (χ4v) is 2.07. The number of nitrogens with one attached hydrogen (secondary N) is 1. The number of amides is 1. The Morgan fingerprint density at radius 3 is 2.50 bits per heavy atom. The van der Waals surface area contributed by atoms with Gasteiger partial charge in [0.15, 0.2) is 5.69 Å². The Kier molecular flexibility index (Phi) is 5.38. The Balaban J connectivity index is 2.62. The predicted molar refractivity (Wildman–Crippen MR) is 71.6 cm³/mol. The van der Waals surface area contributed by atoms with Gasteiger partial charge in [0.05, 0.1) is 0 Å². The lowest BCUT2D eigenvalue weighted by Gasteiger charge is -2.18. The number of rotatable bonds is 6. The van der Waals surface area contributed by atoms with Crippen LogP contribution in [-0.4, -0.2) is 17.6 Å². The van der Waals surface area contributed by atoms with Crippen LogP contribution in [0.2, 0.25) is 0 Å². The number of hydrogen-bond acceptors (Lipinski definition) is 3. The van der Waals surface area contributed by atoms with Gasteiger partial charge >= 0.3 is 0 Å². The molecule has 1 N–H and O–H groups in total. The minimum Gasteiger partial charge on any atom is -0.360 e. The smallest absolute Gasteiger partial charge is 0.273 e. The Morgan fingerprint density at radius 2 is 2.06 bits per heavy atom. The molecule has 0 fully saturated rings. The van der Waals surface area contributed by atoms with Crippen molar-refractivity contribution >= 4 is 5.91 Å². The van der Waals surface area contributed by atoms with Crippen molar-refractivity contribution in [1.82, 2.24) is 10.5 Å². The van der Waals surface area contributed by atoms with Gasteiger partial charge in [-0.05, 0) is 18.8 Å². The van der Waals surface area contributed by atoms with Crippen LogP contribution in [0.3, 0.4) is 0 Å². The highest BCUT2D eigenvalue weighted by molar-refractivity contribution is 5.93. The number of carbonyl (C=O) groups is 1. The van der Waals surface area contributed by atoms with Gasteiger partial charge in [0.2, 0.25) is 0 Å². The van der Waals surface area contributed by atoms with E-state index in [1.165, 1.54) is 0 Å². The number of hydrogen-bond donors (Lipinski definition) is 1. The maximum Gasteiger partial charge on any atom is 0.273 e. The third kappa shape index (κ3) is 3.34. The van der Waals surface area contributed by atoms with Gasteiger partial charge in [0.25, 0.3) is 5.91 Å². The van der Waals surface area contributed by atoms with Crippen molar-refractivity contribution in [2.45, 2.75) is 47.5 Å². The van der Waals surface area contributed by atoms with Crippen LogP contribution in [0.4, 0.5) is 0 Å². The molecule has 0 aliphatic rings. The van der Waals surface area contributed by atoms with Crippen LogP contribution in [0.15, 0.2) is 4.52 Å². The summed E-state index contributed by atoms with van der Waals surface area (Å²) in [5.41, 5.74) is 1.28. The van der Waals surface area contributed by atoms with Crippen molar-refractivity contribution in [1.29, 1.82) is 0 Å². The predicted octanol–water partition coefficient (Wildman–Crippen LogP) is 2.96. The van der Waals surface area contributed by atoms with Gasteiger partial charge in [-0.2, -0.15) is 0 Å². The molecule has 1 aromatic rings. The number of aryl methyl sites for hydroxylation is 1. The summed E-state index contributed by atoms with van der Waals surface area (Å²) >= 11 is 0. The molecule has 1 heterocycles. The van der Waals surface area contributed by atoms with Crippen molar-refractivity contribution in [3.8, 4) is 0 Å². The first-order valence-electron chi connectivity index (χ1n) is 6.74. The molecule has 1 aromatic heterocycles. The van der Waals surface area contributed by atoms with Gasteiger partial charge in [0.1, 0.15) is 5.76 Å². The Labute approximate surface area is 109 Å². The lowest BCUT2D eigenvalue weighted by molar-refractivity contribution is 0.0933. The summed E-state index contributed by atoms with van der Waals surface area (Å²) in [7, 11) is 0. The van der Waals surface area contributed by atoms with Crippen molar-refractivity contribution in [3.63, 3.8) is 0 Å². The Morgan fingerprint density at radius 1 is 1.39 bits per heavy atom. The summed E-state index contributed by atoms with van der Waals surface area (Å²) < 4.78 is 5.14. The van der Waals surface area contributed by atoms with Crippen LogP contribution in [0, 0.1) is 18.8 Å². The fraction of sp³-hybridized carbons (Fsp3) is 0.714. The highest BCUT2D eigenvalue weighted by Gasteiger charge is 2.19. The zero-order chi connectivity index (χ0) is 13.7. The average Bonchev–Trinajstić information content (AvgIpc) is 2.70. The second-order valence-electron chi connectivity index (χ2n) is 5.06. The molecule has 0 spiro atoms. The van der Waals surface area contributed by atoms with E-state index in [0.29, 0.717) is 24.1 Å². The van der Waals surface area contributed by atoms with Crippen molar-refractivity contribution < 1.29 is 9.32 Å². The standard InChI is InChI=1S/C14H24N2O2/c1-6-11(9(3)4)8-15-14(17)13-10(5)12(7-2)18-16-13/h9,11H,6-8H2,1-5H3,(H,15,17). The van der Waals surface area contributed by atoms with Crippen LogP contribution >= 0.6 is 0 Å². The summed E-state index contributed by atoms with van der Waals surface area (Å²) in [5, 5.41) is 6.80. The van der Waals surface area contributed by atoms with Gasteiger partial charge in [-0.25, -0.2) is 0 Å². The second kappa shape index (κ2) is 6.57. The largest absolute Gasteiger partial charge is 0.360 e. The number of nitrogens with zero attached hydrogens (tertiary/aromatic N) is 1. The molecule has 4 nitrogen and oxygen atoms in total. The molecule has 1 unspecified atom stereocenters. The molecule has 102 valence electrons.